The Morgan fingerprint density at radius 2 is 1.93 bits per heavy atom. The van der Waals surface area contributed by atoms with Gasteiger partial charge in [-0.25, -0.2) is 17.2 Å². The van der Waals surface area contributed by atoms with Crippen molar-refractivity contribution >= 4 is 21.6 Å². The minimum absolute atomic E-state index is 0.124. The molecule has 0 aliphatic carbocycles. The van der Waals surface area contributed by atoms with E-state index >= 15 is 0 Å². The summed E-state index contributed by atoms with van der Waals surface area (Å²) in [5.41, 5.74) is 1.59. The van der Waals surface area contributed by atoms with Crippen LogP contribution < -0.4 is 9.62 Å². The maximum atomic E-state index is 13.5. The second kappa shape index (κ2) is 8.57. The van der Waals surface area contributed by atoms with Gasteiger partial charge < -0.3 is 9.84 Å². The Morgan fingerprint density at radius 1 is 1.17 bits per heavy atom. The van der Waals surface area contributed by atoms with E-state index in [1.54, 1.807) is 0 Å². The second-order valence-electron chi connectivity index (χ2n) is 6.53. The molecule has 2 aromatic carbocycles. The minimum atomic E-state index is -3.93. The van der Waals surface area contributed by atoms with E-state index in [9.17, 15) is 22.0 Å². The van der Waals surface area contributed by atoms with Gasteiger partial charge in [-0.15, -0.1) is 0 Å². The van der Waals surface area contributed by atoms with Gasteiger partial charge in [0.2, 0.25) is 27.6 Å². The molecular formula is C19H18F2N4O4S. The minimum Gasteiger partial charge on any atom is -0.345 e. The summed E-state index contributed by atoms with van der Waals surface area (Å²) in [6.07, 6.45) is 0.855. The summed E-state index contributed by atoms with van der Waals surface area (Å²) >= 11 is 0. The Balaban J connectivity index is 1.67. The third-order valence-corrected chi connectivity index (χ3v) is 5.20. The summed E-state index contributed by atoms with van der Waals surface area (Å²) in [5.74, 6) is -2.57. The van der Waals surface area contributed by atoms with Crippen LogP contribution in [0, 0.1) is 18.6 Å². The molecule has 0 saturated heterocycles. The number of nitrogens with one attached hydrogen (secondary N) is 1. The number of amides is 1. The zero-order chi connectivity index (χ0) is 21.9. The Morgan fingerprint density at radius 3 is 2.60 bits per heavy atom. The average molecular weight is 436 g/mol. The predicted octanol–water partition coefficient (Wildman–Crippen LogP) is 2.41. The van der Waals surface area contributed by atoms with Crippen LogP contribution in [0.1, 0.15) is 11.5 Å². The molecule has 1 aromatic heterocycles. The maximum absolute atomic E-state index is 13.5. The van der Waals surface area contributed by atoms with Crippen molar-refractivity contribution in [2.24, 2.45) is 0 Å². The molecule has 0 spiro atoms. The summed E-state index contributed by atoms with van der Waals surface area (Å²) in [5, 5.41) is 6.31. The molecule has 0 fully saturated rings. The van der Waals surface area contributed by atoms with Gasteiger partial charge in [0.05, 0.1) is 18.5 Å². The first-order valence-electron chi connectivity index (χ1n) is 8.72. The van der Waals surface area contributed by atoms with E-state index in [0.29, 0.717) is 16.2 Å². The van der Waals surface area contributed by atoms with E-state index in [2.05, 4.69) is 15.5 Å². The number of halogens is 2. The van der Waals surface area contributed by atoms with Gasteiger partial charge in [-0.05, 0) is 25.1 Å². The zero-order valence-electron chi connectivity index (χ0n) is 16.1. The monoisotopic (exact) mass is 436 g/mol. The molecule has 0 aliphatic heterocycles. The van der Waals surface area contributed by atoms with Crippen LogP contribution in [-0.2, 0) is 21.4 Å². The molecule has 30 heavy (non-hydrogen) atoms. The lowest BCUT2D eigenvalue weighted by Crippen LogP contribution is -2.40. The molecule has 3 aromatic rings. The summed E-state index contributed by atoms with van der Waals surface area (Å²) in [6.45, 7) is 1.15. The van der Waals surface area contributed by atoms with Gasteiger partial charge in [-0.1, -0.05) is 28.9 Å². The molecule has 11 heteroatoms. The number of benzene rings is 2. The van der Waals surface area contributed by atoms with Crippen molar-refractivity contribution in [1.82, 2.24) is 15.5 Å². The molecule has 0 saturated carbocycles. The van der Waals surface area contributed by atoms with Crippen LogP contribution >= 0.6 is 0 Å². The van der Waals surface area contributed by atoms with Crippen molar-refractivity contribution in [3.8, 4) is 11.4 Å². The Kier molecular flexibility index (Phi) is 6.11. The summed E-state index contributed by atoms with van der Waals surface area (Å²) in [4.78, 5) is 16.4. The van der Waals surface area contributed by atoms with Crippen molar-refractivity contribution in [1.29, 1.82) is 0 Å². The molecule has 0 bridgehead atoms. The summed E-state index contributed by atoms with van der Waals surface area (Å²) in [7, 11) is -3.93. The lowest BCUT2D eigenvalue weighted by atomic mass is 10.1. The number of carbonyl (C=O) groups is 1. The van der Waals surface area contributed by atoms with Crippen LogP contribution in [-0.4, -0.2) is 37.3 Å². The number of hydrogen-bond donors (Lipinski definition) is 1. The van der Waals surface area contributed by atoms with Crippen LogP contribution in [0.15, 0.2) is 47.0 Å². The standard InChI is InChI=1S/C19H18F2N4O4S/c1-12-4-3-5-13(8-12)19-23-18(29-24-19)10-22-17(26)11-25(30(2,27)28)14-6-7-15(20)16(21)9-14/h3-9H,10-11H2,1-2H3,(H,22,26). The number of rotatable bonds is 7. The highest BCUT2D eigenvalue weighted by Crippen LogP contribution is 2.20. The van der Waals surface area contributed by atoms with Gasteiger partial charge in [-0.3, -0.25) is 9.10 Å². The Bertz CT molecular complexity index is 1180. The van der Waals surface area contributed by atoms with Crippen LogP contribution in [0.2, 0.25) is 0 Å². The number of carbonyl (C=O) groups excluding carboxylic acids is 1. The van der Waals surface area contributed by atoms with Crippen LogP contribution in [0.3, 0.4) is 0 Å². The van der Waals surface area contributed by atoms with Gasteiger partial charge >= 0.3 is 0 Å². The van der Waals surface area contributed by atoms with Crippen LogP contribution in [0.4, 0.5) is 14.5 Å². The number of aromatic nitrogens is 2. The molecular weight excluding hydrogens is 418 g/mol. The lowest BCUT2D eigenvalue weighted by molar-refractivity contribution is -0.119. The number of anilines is 1. The van der Waals surface area contributed by atoms with E-state index in [4.69, 9.17) is 4.52 Å². The smallest absolute Gasteiger partial charge is 0.246 e. The van der Waals surface area contributed by atoms with Crippen molar-refractivity contribution < 1.29 is 26.5 Å². The van der Waals surface area contributed by atoms with Crippen molar-refractivity contribution in [2.75, 3.05) is 17.1 Å². The number of hydrogen-bond acceptors (Lipinski definition) is 6. The molecule has 0 radical (unpaired) electrons. The van der Waals surface area contributed by atoms with Crippen molar-refractivity contribution in [3.05, 3.63) is 65.6 Å². The molecule has 158 valence electrons. The fourth-order valence-corrected chi connectivity index (χ4v) is 3.48. The first-order chi connectivity index (χ1) is 14.1. The fraction of sp³-hybridized carbons (Fsp3) is 0.211. The molecule has 1 amide bonds. The maximum Gasteiger partial charge on any atom is 0.246 e. The molecule has 8 nitrogen and oxygen atoms in total. The predicted molar refractivity (Wildman–Crippen MR) is 105 cm³/mol. The van der Waals surface area contributed by atoms with E-state index in [0.717, 1.165) is 29.5 Å². The van der Waals surface area contributed by atoms with Gasteiger partial charge in [-0.2, -0.15) is 4.98 Å². The van der Waals surface area contributed by atoms with Crippen molar-refractivity contribution in [2.45, 2.75) is 13.5 Å². The quantitative estimate of drug-likeness (QED) is 0.610. The molecule has 0 atom stereocenters. The van der Waals surface area contributed by atoms with Crippen molar-refractivity contribution in [3.63, 3.8) is 0 Å². The highest BCUT2D eigenvalue weighted by molar-refractivity contribution is 7.92. The van der Waals surface area contributed by atoms with Crippen LogP contribution in [0.5, 0.6) is 0 Å². The van der Waals surface area contributed by atoms with E-state index in [-0.39, 0.29) is 18.1 Å². The number of sulfonamides is 1. The second-order valence-corrected chi connectivity index (χ2v) is 8.43. The van der Waals surface area contributed by atoms with Gasteiger partial charge in [0.1, 0.15) is 6.54 Å². The van der Waals surface area contributed by atoms with Gasteiger partial charge in [0.25, 0.3) is 0 Å². The lowest BCUT2D eigenvalue weighted by Gasteiger charge is -2.21. The molecule has 0 unspecified atom stereocenters. The molecule has 3 rings (SSSR count). The molecule has 1 heterocycles. The SMILES string of the molecule is Cc1cccc(-c2noc(CNC(=O)CN(c3ccc(F)c(F)c3)S(C)(=O)=O)n2)c1. The first-order valence-corrected chi connectivity index (χ1v) is 10.6. The highest BCUT2D eigenvalue weighted by atomic mass is 32.2. The normalized spacial score (nSPS) is 11.3. The fourth-order valence-electron chi connectivity index (χ4n) is 2.63. The van der Waals surface area contributed by atoms with Crippen LogP contribution in [0.25, 0.3) is 11.4 Å². The molecule has 1 N–H and O–H groups in total. The average Bonchev–Trinajstić information content (AvgIpc) is 3.15. The highest BCUT2D eigenvalue weighted by Gasteiger charge is 2.22. The Labute approximate surface area is 171 Å². The third kappa shape index (κ3) is 5.17. The van der Waals surface area contributed by atoms with Gasteiger partial charge in [0, 0.05) is 11.6 Å². The largest absolute Gasteiger partial charge is 0.345 e. The first kappa shape index (κ1) is 21.4. The van der Waals surface area contributed by atoms with E-state index < -0.39 is 34.1 Å². The summed E-state index contributed by atoms with van der Waals surface area (Å²) < 4.78 is 56.4. The van der Waals surface area contributed by atoms with E-state index in [1.807, 2.05) is 31.2 Å². The third-order valence-electron chi connectivity index (χ3n) is 4.06. The number of nitrogens with zero attached hydrogens (tertiary/aromatic N) is 3. The summed E-state index contributed by atoms with van der Waals surface area (Å²) in [6, 6.07) is 10.0. The Hall–Kier alpha value is -3.34. The van der Waals surface area contributed by atoms with E-state index in [1.165, 1.54) is 0 Å². The zero-order valence-corrected chi connectivity index (χ0v) is 16.9. The topological polar surface area (TPSA) is 105 Å². The number of aryl methyl sites for hydroxylation is 1. The molecule has 0 aliphatic rings. The van der Waals surface area contributed by atoms with Gasteiger partial charge in [0.15, 0.2) is 11.6 Å².